The number of amides is 1. The van der Waals surface area contributed by atoms with Crippen LogP contribution in [0.25, 0.3) is 0 Å². The van der Waals surface area contributed by atoms with Crippen molar-refractivity contribution in [2.75, 3.05) is 12.3 Å². The van der Waals surface area contributed by atoms with Gasteiger partial charge in [-0.2, -0.15) is 0 Å². The number of pyridine rings is 1. The average molecular weight is 486 g/mol. The number of ketones is 1. The van der Waals surface area contributed by atoms with Gasteiger partial charge in [-0.05, 0) is 36.0 Å². The van der Waals surface area contributed by atoms with Crippen molar-refractivity contribution in [3.05, 3.63) is 66.0 Å². The highest BCUT2D eigenvalue weighted by Gasteiger charge is 2.21. The molecular weight excluding hydrogens is 446 g/mol. The first-order chi connectivity index (χ1) is 16.5. The van der Waals surface area contributed by atoms with Gasteiger partial charge in [0.25, 0.3) is 0 Å². The van der Waals surface area contributed by atoms with Crippen LogP contribution in [0.3, 0.4) is 0 Å². The van der Waals surface area contributed by atoms with Gasteiger partial charge in [-0.3, -0.25) is 9.78 Å². The minimum atomic E-state index is -0.431. The van der Waals surface area contributed by atoms with Crippen LogP contribution in [-0.4, -0.2) is 41.2 Å². The number of nitrogens with one attached hydrogen (secondary N) is 2. The molecule has 0 aliphatic carbocycles. The van der Waals surface area contributed by atoms with Crippen LogP contribution in [0.4, 0.5) is 4.79 Å². The zero-order valence-corrected chi connectivity index (χ0v) is 21.5. The molecule has 0 bridgehead atoms. The third-order valence-corrected chi connectivity index (χ3v) is 6.40. The maximum Gasteiger partial charge on any atom is 0.407 e. The second-order valence-corrected chi connectivity index (χ2v) is 9.94. The van der Waals surface area contributed by atoms with Gasteiger partial charge >= 0.3 is 6.09 Å². The summed E-state index contributed by atoms with van der Waals surface area (Å²) in [5.41, 5.74) is 2.07. The SMILES string of the molecule is CCCCC(NCC(CC(C)C)NC(=O)OCc1ccccc1)C(=O)CSCc1cccnc1. The molecule has 2 rings (SSSR count). The Morgan fingerprint density at radius 3 is 2.53 bits per heavy atom. The molecule has 186 valence electrons. The molecule has 0 saturated heterocycles. The third-order valence-electron chi connectivity index (χ3n) is 5.37. The van der Waals surface area contributed by atoms with Gasteiger partial charge in [0.05, 0.1) is 11.8 Å². The van der Waals surface area contributed by atoms with Gasteiger partial charge in [0, 0.05) is 30.7 Å². The topological polar surface area (TPSA) is 80.3 Å². The Hall–Kier alpha value is -2.38. The van der Waals surface area contributed by atoms with Gasteiger partial charge in [-0.1, -0.05) is 70.0 Å². The second kappa shape index (κ2) is 16.3. The lowest BCUT2D eigenvalue weighted by atomic mass is 10.0. The molecule has 0 aliphatic heterocycles. The Morgan fingerprint density at radius 2 is 1.85 bits per heavy atom. The number of rotatable bonds is 16. The molecule has 0 radical (unpaired) electrons. The van der Waals surface area contributed by atoms with Crippen LogP contribution in [-0.2, 0) is 21.9 Å². The van der Waals surface area contributed by atoms with Crippen LogP contribution in [0.5, 0.6) is 0 Å². The van der Waals surface area contributed by atoms with Crippen molar-refractivity contribution in [3.63, 3.8) is 0 Å². The molecule has 2 atom stereocenters. The molecule has 1 aromatic heterocycles. The Morgan fingerprint density at radius 1 is 1.09 bits per heavy atom. The summed E-state index contributed by atoms with van der Waals surface area (Å²) in [7, 11) is 0. The lowest BCUT2D eigenvalue weighted by Crippen LogP contribution is -2.48. The number of hydrogen-bond donors (Lipinski definition) is 2. The first-order valence-electron chi connectivity index (χ1n) is 12.2. The monoisotopic (exact) mass is 485 g/mol. The summed E-state index contributed by atoms with van der Waals surface area (Å²) in [6.45, 7) is 7.15. The number of ether oxygens (including phenoxy) is 1. The van der Waals surface area contributed by atoms with E-state index in [1.165, 1.54) is 0 Å². The minimum Gasteiger partial charge on any atom is -0.445 e. The molecule has 7 heteroatoms. The van der Waals surface area contributed by atoms with E-state index in [-0.39, 0.29) is 24.5 Å². The van der Waals surface area contributed by atoms with Crippen molar-refractivity contribution in [1.29, 1.82) is 0 Å². The van der Waals surface area contributed by atoms with Gasteiger partial charge in [0.1, 0.15) is 6.61 Å². The lowest BCUT2D eigenvalue weighted by Gasteiger charge is -2.24. The van der Waals surface area contributed by atoms with E-state index in [0.29, 0.717) is 18.2 Å². The normalized spacial score (nSPS) is 12.8. The fourth-order valence-corrected chi connectivity index (χ4v) is 4.53. The maximum absolute atomic E-state index is 12.9. The summed E-state index contributed by atoms with van der Waals surface area (Å²) in [5, 5.41) is 6.43. The number of alkyl carbamates (subject to hydrolysis) is 1. The van der Waals surface area contributed by atoms with E-state index in [1.54, 1.807) is 18.0 Å². The first kappa shape index (κ1) is 27.9. The Bertz CT molecular complexity index is 834. The molecular formula is C27H39N3O3S. The van der Waals surface area contributed by atoms with Crippen molar-refractivity contribution in [1.82, 2.24) is 15.6 Å². The number of hydrogen-bond acceptors (Lipinski definition) is 6. The minimum absolute atomic E-state index is 0.108. The van der Waals surface area contributed by atoms with Crippen LogP contribution in [0.15, 0.2) is 54.9 Å². The van der Waals surface area contributed by atoms with Gasteiger partial charge in [0.15, 0.2) is 5.78 Å². The van der Waals surface area contributed by atoms with Crippen molar-refractivity contribution in [2.24, 2.45) is 5.92 Å². The molecule has 0 aliphatic rings. The summed E-state index contributed by atoms with van der Waals surface area (Å²) in [5.74, 6) is 1.83. The molecule has 1 heterocycles. The van der Waals surface area contributed by atoms with Gasteiger partial charge in [-0.15, -0.1) is 11.8 Å². The Labute approximate surface area is 208 Å². The molecule has 2 unspecified atom stereocenters. The number of thioether (sulfide) groups is 1. The predicted molar refractivity (Wildman–Crippen MR) is 140 cm³/mol. The number of unbranched alkanes of at least 4 members (excludes halogenated alkanes) is 1. The number of nitrogens with zero attached hydrogens (tertiary/aromatic N) is 1. The molecule has 1 amide bonds. The zero-order chi connectivity index (χ0) is 24.6. The fourth-order valence-electron chi connectivity index (χ4n) is 3.62. The van der Waals surface area contributed by atoms with Crippen LogP contribution in [0.2, 0.25) is 0 Å². The standard InChI is InChI=1S/C27H39N3O3S/c1-4-5-13-25(26(31)20-34-19-23-12-9-14-28-16-23)29-17-24(15-21(2)3)30-27(32)33-18-22-10-7-6-8-11-22/h6-12,14,16,21,24-25,29H,4-5,13,15,17-20H2,1-3H3,(H,30,32). The number of aromatic nitrogens is 1. The Balaban J connectivity index is 1.85. The van der Waals surface area contributed by atoms with Crippen molar-refractivity contribution in [3.8, 4) is 0 Å². The molecule has 0 saturated carbocycles. The highest BCUT2D eigenvalue weighted by atomic mass is 32.2. The molecule has 2 N–H and O–H groups in total. The Kier molecular flexibility index (Phi) is 13.3. The van der Waals surface area contributed by atoms with Gasteiger partial charge in [0.2, 0.25) is 0 Å². The molecule has 6 nitrogen and oxygen atoms in total. The summed E-state index contributed by atoms with van der Waals surface area (Å²) >= 11 is 1.62. The smallest absolute Gasteiger partial charge is 0.407 e. The highest BCUT2D eigenvalue weighted by molar-refractivity contribution is 7.99. The highest BCUT2D eigenvalue weighted by Crippen LogP contribution is 2.14. The number of benzene rings is 1. The first-order valence-corrected chi connectivity index (χ1v) is 13.3. The number of carbonyl (C=O) groups excluding carboxylic acids is 2. The van der Waals surface area contributed by atoms with Crippen LogP contribution >= 0.6 is 11.8 Å². The molecule has 34 heavy (non-hydrogen) atoms. The summed E-state index contributed by atoms with van der Waals surface area (Å²) in [4.78, 5) is 29.5. The molecule has 1 aromatic carbocycles. The fraction of sp³-hybridized carbons (Fsp3) is 0.519. The van der Waals surface area contributed by atoms with Crippen molar-refractivity contribution >= 4 is 23.6 Å². The van der Waals surface area contributed by atoms with E-state index in [1.807, 2.05) is 48.7 Å². The largest absolute Gasteiger partial charge is 0.445 e. The summed E-state index contributed by atoms with van der Waals surface area (Å²) in [6, 6.07) is 13.2. The van der Waals surface area contributed by atoms with Crippen molar-refractivity contribution in [2.45, 2.75) is 70.9 Å². The summed E-state index contributed by atoms with van der Waals surface area (Å²) < 4.78 is 5.40. The van der Waals surface area contributed by atoms with E-state index < -0.39 is 6.09 Å². The molecule has 2 aromatic rings. The molecule has 0 spiro atoms. The van der Waals surface area contributed by atoms with E-state index in [2.05, 4.69) is 36.4 Å². The number of carbonyl (C=O) groups is 2. The van der Waals surface area contributed by atoms with E-state index in [4.69, 9.17) is 4.74 Å². The zero-order valence-electron chi connectivity index (χ0n) is 20.7. The molecule has 0 fully saturated rings. The average Bonchev–Trinajstić information content (AvgIpc) is 2.83. The van der Waals surface area contributed by atoms with Crippen LogP contribution in [0.1, 0.15) is 57.6 Å². The quantitative estimate of drug-likeness (QED) is 0.333. The van der Waals surface area contributed by atoms with Crippen LogP contribution in [0, 0.1) is 5.92 Å². The van der Waals surface area contributed by atoms with Gasteiger partial charge < -0.3 is 15.4 Å². The van der Waals surface area contributed by atoms with E-state index >= 15 is 0 Å². The van der Waals surface area contributed by atoms with E-state index in [9.17, 15) is 9.59 Å². The van der Waals surface area contributed by atoms with Crippen LogP contribution < -0.4 is 10.6 Å². The van der Waals surface area contributed by atoms with Crippen molar-refractivity contribution < 1.29 is 14.3 Å². The third kappa shape index (κ3) is 11.7. The lowest BCUT2D eigenvalue weighted by molar-refractivity contribution is -0.118. The van der Waals surface area contributed by atoms with Gasteiger partial charge in [-0.25, -0.2) is 4.79 Å². The number of Topliss-reactive ketones (excluding diaryl/α,β-unsaturated/α-hetero) is 1. The maximum atomic E-state index is 12.9. The predicted octanol–water partition coefficient (Wildman–Crippen LogP) is 5.37. The van der Waals surface area contributed by atoms with E-state index in [0.717, 1.165) is 42.6 Å². The summed E-state index contributed by atoms with van der Waals surface area (Å²) in [6.07, 6.45) is 6.78. The second-order valence-electron chi connectivity index (χ2n) is 8.96.